The molecule has 1 heterocycles. The van der Waals surface area contributed by atoms with Gasteiger partial charge in [-0.3, -0.25) is 0 Å². The topological polar surface area (TPSA) is 15.3 Å². The van der Waals surface area contributed by atoms with Crippen LogP contribution in [0.25, 0.3) is 0 Å². The van der Waals surface area contributed by atoms with Crippen LogP contribution in [0.1, 0.15) is 18.4 Å². The number of nitrogens with one attached hydrogen (secondary N) is 1. The summed E-state index contributed by atoms with van der Waals surface area (Å²) in [5.74, 6) is 0. The molecule has 1 fully saturated rings. The lowest BCUT2D eigenvalue weighted by Crippen LogP contribution is -2.26. The largest absolute Gasteiger partial charge is 0.416 e. The Hall–Kier alpha value is -0.750. The van der Waals surface area contributed by atoms with Crippen molar-refractivity contribution in [2.75, 3.05) is 31.5 Å². The van der Waals surface area contributed by atoms with Crippen LogP contribution in [-0.2, 0) is 6.18 Å². The van der Waals surface area contributed by atoms with E-state index in [1.165, 1.54) is 18.9 Å². The van der Waals surface area contributed by atoms with Crippen molar-refractivity contribution in [2.45, 2.75) is 19.0 Å². The molecule has 0 aromatic heterocycles. The quantitative estimate of drug-likeness (QED) is 0.894. The number of hydrogen-bond donors (Lipinski definition) is 1. The van der Waals surface area contributed by atoms with Crippen LogP contribution >= 0.6 is 15.9 Å². The molecule has 0 spiro atoms. The van der Waals surface area contributed by atoms with Crippen LogP contribution in [0.2, 0.25) is 0 Å². The Morgan fingerprint density at radius 1 is 1.21 bits per heavy atom. The average molecular weight is 337 g/mol. The molecular formula is C13H16BrF3N2. The fourth-order valence-corrected chi connectivity index (χ4v) is 2.58. The van der Waals surface area contributed by atoms with Gasteiger partial charge in [0.1, 0.15) is 0 Å². The summed E-state index contributed by atoms with van der Waals surface area (Å²) < 4.78 is 38.5. The molecule has 0 aliphatic carbocycles. The third kappa shape index (κ3) is 4.11. The first-order valence-corrected chi connectivity index (χ1v) is 7.09. The predicted molar refractivity (Wildman–Crippen MR) is 73.3 cm³/mol. The molecule has 0 atom stereocenters. The van der Waals surface area contributed by atoms with Crippen molar-refractivity contribution in [3.05, 3.63) is 28.2 Å². The highest BCUT2D eigenvalue weighted by molar-refractivity contribution is 9.10. The van der Waals surface area contributed by atoms with E-state index in [4.69, 9.17) is 0 Å². The summed E-state index contributed by atoms with van der Waals surface area (Å²) in [5, 5.41) is 3.06. The molecule has 1 saturated heterocycles. The summed E-state index contributed by atoms with van der Waals surface area (Å²) >= 11 is 3.27. The molecule has 0 saturated carbocycles. The zero-order valence-corrected chi connectivity index (χ0v) is 12.0. The second-order valence-corrected chi connectivity index (χ2v) is 5.52. The van der Waals surface area contributed by atoms with Gasteiger partial charge in [-0.25, -0.2) is 0 Å². The molecule has 6 heteroatoms. The monoisotopic (exact) mass is 336 g/mol. The Labute approximate surface area is 119 Å². The smallest absolute Gasteiger partial charge is 0.383 e. The highest BCUT2D eigenvalue weighted by atomic mass is 79.9. The molecule has 0 unspecified atom stereocenters. The van der Waals surface area contributed by atoms with Gasteiger partial charge in [0.2, 0.25) is 0 Å². The Morgan fingerprint density at radius 2 is 1.89 bits per heavy atom. The van der Waals surface area contributed by atoms with Crippen molar-refractivity contribution < 1.29 is 13.2 Å². The molecule has 19 heavy (non-hydrogen) atoms. The molecule has 0 amide bonds. The lowest BCUT2D eigenvalue weighted by atomic mass is 10.2. The number of anilines is 1. The van der Waals surface area contributed by atoms with Gasteiger partial charge in [-0.15, -0.1) is 0 Å². The summed E-state index contributed by atoms with van der Waals surface area (Å²) in [6.45, 7) is 3.69. The molecule has 0 bridgehead atoms. The molecule has 0 radical (unpaired) electrons. The highest BCUT2D eigenvalue weighted by Gasteiger charge is 2.30. The van der Waals surface area contributed by atoms with Gasteiger partial charge in [0.15, 0.2) is 0 Å². The van der Waals surface area contributed by atoms with Crippen LogP contribution in [0.15, 0.2) is 22.7 Å². The van der Waals surface area contributed by atoms with E-state index in [9.17, 15) is 13.2 Å². The van der Waals surface area contributed by atoms with Gasteiger partial charge in [0.05, 0.1) is 5.56 Å². The van der Waals surface area contributed by atoms with Crippen molar-refractivity contribution in [1.82, 2.24) is 4.90 Å². The molecule has 1 N–H and O–H groups in total. The zero-order valence-electron chi connectivity index (χ0n) is 10.4. The molecule has 1 aliphatic heterocycles. The summed E-state index contributed by atoms with van der Waals surface area (Å²) in [6.07, 6.45) is -1.87. The van der Waals surface area contributed by atoms with Crippen LogP contribution in [0.4, 0.5) is 18.9 Å². The average Bonchev–Trinajstić information content (AvgIpc) is 2.83. The Bertz CT molecular complexity index is 428. The van der Waals surface area contributed by atoms with Crippen LogP contribution in [-0.4, -0.2) is 31.1 Å². The third-order valence-corrected chi connectivity index (χ3v) is 3.93. The van der Waals surface area contributed by atoms with Gasteiger partial charge in [-0.1, -0.05) is 0 Å². The van der Waals surface area contributed by atoms with E-state index in [0.717, 1.165) is 31.8 Å². The zero-order chi connectivity index (χ0) is 13.9. The number of hydrogen-bond acceptors (Lipinski definition) is 2. The van der Waals surface area contributed by atoms with Crippen molar-refractivity contribution in [2.24, 2.45) is 0 Å². The Morgan fingerprint density at radius 3 is 2.53 bits per heavy atom. The van der Waals surface area contributed by atoms with Gasteiger partial charge in [-0.05, 0) is 60.1 Å². The minimum Gasteiger partial charge on any atom is -0.383 e. The second kappa shape index (κ2) is 6.13. The number of benzene rings is 1. The van der Waals surface area contributed by atoms with Gasteiger partial charge in [0.25, 0.3) is 0 Å². The first-order chi connectivity index (χ1) is 8.97. The minimum absolute atomic E-state index is 0.494. The van der Waals surface area contributed by atoms with Crippen molar-refractivity contribution in [1.29, 1.82) is 0 Å². The van der Waals surface area contributed by atoms with E-state index in [2.05, 4.69) is 26.1 Å². The van der Waals surface area contributed by atoms with E-state index in [1.54, 1.807) is 0 Å². The fourth-order valence-electron chi connectivity index (χ4n) is 2.19. The Kier molecular flexibility index (Phi) is 4.73. The van der Waals surface area contributed by atoms with E-state index < -0.39 is 11.7 Å². The molecule has 1 aromatic rings. The summed E-state index contributed by atoms with van der Waals surface area (Å²) in [6, 6.07) is 3.66. The maximum Gasteiger partial charge on any atom is 0.416 e. The van der Waals surface area contributed by atoms with Gasteiger partial charge >= 0.3 is 6.18 Å². The minimum atomic E-state index is -4.30. The molecule has 106 valence electrons. The lowest BCUT2D eigenvalue weighted by Gasteiger charge is -2.17. The van der Waals surface area contributed by atoms with Gasteiger partial charge < -0.3 is 10.2 Å². The van der Waals surface area contributed by atoms with E-state index in [-0.39, 0.29) is 0 Å². The normalized spacial score (nSPS) is 16.8. The first-order valence-electron chi connectivity index (χ1n) is 6.30. The van der Waals surface area contributed by atoms with Gasteiger partial charge in [0, 0.05) is 23.2 Å². The summed E-state index contributed by atoms with van der Waals surface area (Å²) in [5.41, 5.74) is -0.131. The first kappa shape index (κ1) is 14.7. The van der Waals surface area contributed by atoms with Crippen molar-refractivity contribution in [3.63, 3.8) is 0 Å². The van der Waals surface area contributed by atoms with Crippen molar-refractivity contribution in [3.8, 4) is 0 Å². The maximum absolute atomic E-state index is 12.6. The standard InChI is InChI=1S/C13H16BrF3N2/c14-11-4-3-10(13(15,16)17)9-12(11)18-5-8-19-6-1-2-7-19/h3-4,9,18H,1-2,5-8H2. The van der Waals surface area contributed by atoms with Crippen LogP contribution in [0, 0.1) is 0 Å². The maximum atomic E-state index is 12.6. The van der Waals surface area contributed by atoms with Crippen LogP contribution in [0.5, 0.6) is 0 Å². The van der Waals surface area contributed by atoms with Gasteiger partial charge in [-0.2, -0.15) is 13.2 Å². The Balaban J connectivity index is 1.94. The number of likely N-dealkylation sites (tertiary alicyclic amines) is 1. The van der Waals surface area contributed by atoms with E-state index in [1.807, 2.05) is 0 Å². The molecule has 2 rings (SSSR count). The van der Waals surface area contributed by atoms with Crippen LogP contribution < -0.4 is 5.32 Å². The molecule has 1 aliphatic rings. The summed E-state index contributed by atoms with van der Waals surface area (Å²) in [7, 11) is 0. The number of halogens is 4. The molecule has 1 aromatic carbocycles. The van der Waals surface area contributed by atoms with E-state index in [0.29, 0.717) is 16.7 Å². The molecular weight excluding hydrogens is 321 g/mol. The van der Waals surface area contributed by atoms with Crippen molar-refractivity contribution >= 4 is 21.6 Å². The highest BCUT2D eigenvalue weighted by Crippen LogP contribution is 2.33. The third-order valence-electron chi connectivity index (χ3n) is 3.24. The molecule has 2 nitrogen and oxygen atoms in total. The lowest BCUT2D eigenvalue weighted by molar-refractivity contribution is -0.137. The fraction of sp³-hybridized carbons (Fsp3) is 0.538. The number of alkyl halides is 3. The van der Waals surface area contributed by atoms with E-state index >= 15 is 0 Å². The van der Waals surface area contributed by atoms with Crippen LogP contribution in [0.3, 0.4) is 0 Å². The summed E-state index contributed by atoms with van der Waals surface area (Å²) in [4.78, 5) is 2.31. The number of nitrogens with zero attached hydrogens (tertiary/aromatic N) is 1. The second-order valence-electron chi connectivity index (χ2n) is 4.67. The SMILES string of the molecule is FC(F)(F)c1ccc(Br)c(NCCN2CCCC2)c1. The number of rotatable bonds is 4. The predicted octanol–water partition coefficient (Wildman–Crippen LogP) is 3.98.